The quantitative estimate of drug-likeness (QED) is 0.610. The van der Waals surface area contributed by atoms with Crippen molar-refractivity contribution in [2.24, 2.45) is 0 Å². The summed E-state index contributed by atoms with van der Waals surface area (Å²) in [6.07, 6.45) is 0.789. The second-order valence-corrected chi connectivity index (χ2v) is 3.90. The zero-order valence-corrected chi connectivity index (χ0v) is 9.50. The van der Waals surface area contributed by atoms with Gasteiger partial charge in [-0.15, -0.1) is 0 Å². The highest BCUT2D eigenvalue weighted by Crippen LogP contribution is 2.21. The van der Waals surface area contributed by atoms with Crippen molar-refractivity contribution in [2.45, 2.75) is 6.92 Å². The number of hydrogen-bond donors (Lipinski definition) is 0. The second kappa shape index (κ2) is 4.96. The van der Waals surface area contributed by atoms with Crippen molar-refractivity contribution in [1.29, 1.82) is 0 Å². The molecule has 3 heteroatoms. The van der Waals surface area contributed by atoms with Gasteiger partial charge in [0.25, 0.3) is 0 Å². The summed E-state index contributed by atoms with van der Waals surface area (Å²) in [5, 5.41) is 0. The van der Waals surface area contributed by atoms with Crippen molar-refractivity contribution in [3.8, 4) is 5.75 Å². The van der Waals surface area contributed by atoms with E-state index in [1.807, 2.05) is 6.92 Å². The van der Waals surface area contributed by atoms with Crippen LogP contribution in [-0.4, -0.2) is 12.9 Å². The van der Waals surface area contributed by atoms with Crippen LogP contribution in [0.15, 0.2) is 34.8 Å². The third-order valence-electron chi connectivity index (χ3n) is 1.58. The van der Waals surface area contributed by atoms with E-state index in [4.69, 9.17) is 4.74 Å². The van der Waals surface area contributed by atoms with Gasteiger partial charge in [0.05, 0.1) is 0 Å². The average Bonchev–Trinajstić information content (AvgIpc) is 2.16. The monoisotopic (exact) mass is 254 g/mol. The lowest BCUT2D eigenvalue weighted by molar-refractivity contribution is 0.112. The summed E-state index contributed by atoms with van der Waals surface area (Å²) in [6, 6.07) is 5.29. The summed E-state index contributed by atoms with van der Waals surface area (Å²) in [7, 11) is 0. The first-order valence-electron chi connectivity index (χ1n) is 4.15. The number of rotatable bonds is 4. The molecule has 0 amide bonds. The Bertz CT molecular complexity index is 358. The number of aldehydes is 1. The van der Waals surface area contributed by atoms with E-state index in [0.717, 1.165) is 16.3 Å². The standard InChI is InChI=1S/C11H11BrO2/c1-8(2)7-14-10-3-4-11(12)9(5-10)6-13/h3-6H,1,7H2,2H3. The second-order valence-electron chi connectivity index (χ2n) is 3.05. The molecule has 0 aromatic heterocycles. The first-order chi connectivity index (χ1) is 6.63. The minimum Gasteiger partial charge on any atom is -0.489 e. The lowest BCUT2D eigenvalue weighted by atomic mass is 10.2. The Morgan fingerprint density at radius 1 is 1.64 bits per heavy atom. The van der Waals surface area contributed by atoms with E-state index in [-0.39, 0.29) is 0 Å². The van der Waals surface area contributed by atoms with Crippen LogP contribution >= 0.6 is 15.9 Å². The van der Waals surface area contributed by atoms with Gasteiger partial charge in [0.15, 0.2) is 6.29 Å². The SMILES string of the molecule is C=C(C)COc1ccc(Br)c(C=O)c1. The largest absolute Gasteiger partial charge is 0.489 e. The van der Waals surface area contributed by atoms with Gasteiger partial charge >= 0.3 is 0 Å². The molecule has 0 radical (unpaired) electrons. The molecule has 1 aromatic carbocycles. The predicted molar refractivity (Wildman–Crippen MR) is 59.8 cm³/mol. The fourth-order valence-corrected chi connectivity index (χ4v) is 1.25. The van der Waals surface area contributed by atoms with Gasteiger partial charge in [-0.25, -0.2) is 0 Å². The molecule has 1 rings (SSSR count). The fraction of sp³-hybridized carbons (Fsp3) is 0.182. The fourth-order valence-electron chi connectivity index (χ4n) is 0.908. The Morgan fingerprint density at radius 3 is 2.93 bits per heavy atom. The lowest BCUT2D eigenvalue weighted by Crippen LogP contribution is -1.98. The van der Waals surface area contributed by atoms with E-state index in [1.54, 1.807) is 18.2 Å². The van der Waals surface area contributed by atoms with Crippen molar-refractivity contribution < 1.29 is 9.53 Å². The zero-order chi connectivity index (χ0) is 10.6. The first-order valence-corrected chi connectivity index (χ1v) is 4.94. The van der Waals surface area contributed by atoms with E-state index in [0.29, 0.717) is 17.9 Å². The molecule has 0 fully saturated rings. The van der Waals surface area contributed by atoms with E-state index in [2.05, 4.69) is 22.5 Å². The number of ether oxygens (including phenoxy) is 1. The Morgan fingerprint density at radius 2 is 2.36 bits per heavy atom. The van der Waals surface area contributed by atoms with Gasteiger partial charge in [-0.1, -0.05) is 22.5 Å². The molecular weight excluding hydrogens is 244 g/mol. The summed E-state index contributed by atoms with van der Waals surface area (Å²) >= 11 is 3.27. The molecule has 0 spiro atoms. The minimum atomic E-state index is 0.472. The third kappa shape index (κ3) is 3.00. The van der Waals surface area contributed by atoms with Crippen molar-refractivity contribution >= 4 is 22.2 Å². The van der Waals surface area contributed by atoms with Crippen LogP contribution < -0.4 is 4.74 Å². The van der Waals surface area contributed by atoms with E-state index in [9.17, 15) is 4.79 Å². The molecule has 14 heavy (non-hydrogen) atoms. The highest BCUT2D eigenvalue weighted by Gasteiger charge is 2.00. The predicted octanol–water partition coefficient (Wildman–Crippen LogP) is 3.22. The number of halogens is 1. The molecule has 0 heterocycles. The van der Waals surface area contributed by atoms with Crippen molar-refractivity contribution in [1.82, 2.24) is 0 Å². The van der Waals surface area contributed by atoms with Crippen molar-refractivity contribution in [3.63, 3.8) is 0 Å². The van der Waals surface area contributed by atoms with E-state index < -0.39 is 0 Å². The Labute approximate surface area is 91.7 Å². The Kier molecular flexibility index (Phi) is 3.89. The zero-order valence-electron chi connectivity index (χ0n) is 7.92. The van der Waals surface area contributed by atoms with E-state index in [1.165, 1.54) is 0 Å². The Hall–Kier alpha value is -1.09. The summed E-state index contributed by atoms with van der Waals surface area (Å²) < 4.78 is 6.16. The molecule has 0 atom stereocenters. The summed E-state index contributed by atoms with van der Waals surface area (Å²) in [5.41, 5.74) is 1.53. The molecular formula is C11H11BrO2. The molecule has 0 aliphatic carbocycles. The first kappa shape index (κ1) is 11.0. The summed E-state index contributed by atoms with van der Waals surface area (Å²) in [6.45, 7) is 6.09. The molecule has 0 saturated heterocycles. The van der Waals surface area contributed by atoms with Gasteiger partial charge < -0.3 is 4.74 Å². The van der Waals surface area contributed by atoms with Gasteiger partial charge in [-0.3, -0.25) is 4.79 Å². The molecule has 0 bridgehead atoms. The van der Waals surface area contributed by atoms with Crippen LogP contribution in [0.3, 0.4) is 0 Å². The Balaban J connectivity index is 2.79. The third-order valence-corrected chi connectivity index (χ3v) is 2.30. The van der Waals surface area contributed by atoms with Crippen LogP contribution in [0.4, 0.5) is 0 Å². The topological polar surface area (TPSA) is 26.3 Å². The van der Waals surface area contributed by atoms with Gasteiger partial charge in [0.1, 0.15) is 12.4 Å². The molecule has 0 unspecified atom stereocenters. The molecule has 0 aliphatic rings. The highest BCUT2D eigenvalue weighted by molar-refractivity contribution is 9.10. The lowest BCUT2D eigenvalue weighted by Gasteiger charge is -2.06. The molecule has 2 nitrogen and oxygen atoms in total. The molecule has 1 aromatic rings. The smallest absolute Gasteiger partial charge is 0.151 e. The number of hydrogen-bond acceptors (Lipinski definition) is 2. The number of carbonyl (C=O) groups is 1. The van der Waals surface area contributed by atoms with Crippen LogP contribution in [0.5, 0.6) is 5.75 Å². The maximum Gasteiger partial charge on any atom is 0.151 e. The van der Waals surface area contributed by atoms with E-state index >= 15 is 0 Å². The average molecular weight is 255 g/mol. The van der Waals surface area contributed by atoms with Crippen LogP contribution in [0.2, 0.25) is 0 Å². The maximum atomic E-state index is 10.6. The van der Waals surface area contributed by atoms with Gasteiger partial charge in [0, 0.05) is 10.0 Å². The van der Waals surface area contributed by atoms with Crippen molar-refractivity contribution in [3.05, 3.63) is 40.4 Å². The molecule has 0 saturated carbocycles. The van der Waals surface area contributed by atoms with Gasteiger partial charge in [-0.05, 0) is 30.7 Å². The highest BCUT2D eigenvalue weighted by atomic mass is 79.9. The van der Waals surface area contributed by atoms with Gasteiger partial charge in [0.2, 0.25) is 0 Å². The molecule has 0 aliphatic heterocycles. The summed E-state index contributed by atoms with van der Waals surface area (Å²) in [4.78, 5) is 10.6. The minimum absolute atomic E-state index is 0.472. The molecule has 0 N–H and O–H groups in total. The molecule has 74 valence electrons. The van der Waals surface area contributed by atoms with Crippen LogP contribution in [-0.2, 0) is 0 Å². The van der Waals surface area contributed by atoms with Crippen LogP contribution in [0, 0.1) is 0 Å². The van der Waals surface area contributed by atoms with Gasteiger partial charge in [-0.2, -0.15) is 0 Å². The number of benzene rings is 1. The maximum absolute atomic E-state index is 10.6. The summed E-state index contributed by atoms with van der Waals surface area (Å²) in [5.74, 6) is 0.679. The number of carbonyl (C=O) groups excluding carboxylic acids is 1. The van der Waals surface area contributed by atoms with Crippen LogP contribution in [0.1, 0.15) is 17.3 Å². The van der Waals surface area contributed by atoms with Crippen molar-refractivity contribution in [2.75, 3.05) is 6.61 Å². The van der Waals surface area contributed by atoms with Crippen LogP contribution in [0.25, 0.3) is 0 Å². The normalized spacial score (nSPS) is 9.57.